The smallest absolute Gasteiger partial charge is 0.324 e. The number of rotatable bonds is 5. The first-order valence-electron chi connectivity index (χ1n) is 9.53. The van der Waals surface area contributed by atoms with Gasteiger partial charge in [0, 0.05) is 21.9 Å². The first kappa shape index (κ1) is 18.7. The van der Waals surface area contributed by atoms with E-state index in [9.17, 15) is 9.59 Å². The normalized spacial score (nSPS) is 17.3. The van der Waals surface area contributed by atoms with Gasteiger partial charge in [-0.15, -0.1) is 11.3 Å². The van der Waals surface area contributed by atoms with Crippen molar-refractivity contribution >= 4 is 33.4 Å². The molecule has 1 unspecified atom stereocenters. The fourth-order valence-electron chi connectivity index (χ4n) is 4.25. The van der Waals surface area contributed by atoms with Crippen LogP contribution in [0.15, 0.2) is 54.6 Å². The van der Waals surface area contributed by atoms with Gasteiger partial charge >= 0.3 is 11.9 Å². The summed E-state index contributed by atoms with van der Waals surface area (Å²) < 4.78 is 12.0. The first-order valence-corrected chi connectivity index (χ1v) is 10.3. The van der Waals surface area contributed by atoms with E-state index in [0.29, 0.717) is 6.42 Å². The lowest BCUT2D eigenvalue weighted by atomic mass is 9.72. The molecule has 0 amide bonds. The van der Waals surface area contributed by atoms with Crippen molar-refractivity contribution in [3.63, 3.8) is 0 Å². The topological polar surface area (TPSA) is 52.6 Å². The Bertz CT molecular complexity index is 1000. The minimum absolute atomic E-state index is 0.218. The summed E-state index contributed by atoms with van der Waals surface area (Å²) in [6, 6.07) is 17.9. The molecule has 3 aromatic rings. The van der Waals surface area contributed by atoms with Crippen molar-refractivity contribution in [3.05, 3.63) is 70.6 Å². The van der Waals surface area contributed by atoms with Crippen LogP contribution in [0.3, 0.4) is 0 Å². The van der Waals surface area contributed by atoms with Crippen molar-refractivity contribution in [2.24, 2.45) is 5.41 Å². The number of hydrogen-bond donors (Lipinski definition) is 0. The van der Waals surface area contributed by atoms with Gasteiger partial charge in [-0.1, -0.05) is 48.5 Å². The average molecular weight is 394 g/mol. The zero-order valence-corrected chi connectivity index (χ0v) is 16.8. The lowest BCUT2D eigenvalue weighted by molar-refractivity contribution is -0.172. The molecule has 0 saturated carbocycles. The van der Waals surface area contributed by atoms with Crippen LogP contribution in [-0.4, -0.2) is 25.2 Å². The monoisotopic (exact) mass is 394 g/mol. The van der Waals surface area contributed by atoms with E-state index in [0.717, 1.165) is 26.1 Å². The summed E-state index contributed by atoms with van der Waals surface area (Å²) in [6.45, 7) is 3.95. The van der Waals surface area contributed by atoms with Crippen LogP contribution in [0, 0.1) is 5.41 Å². The summed E-state index contributed by atoms with van der Waals surface area (Å²) in [5.41, 5.74) is 0.581. The van der Waals surface area contributed by atoms with Crippen LogP contribution in [0.4, 0.5) is 0 Å². The van der Waals surface area contributed by atoms with Crippen molar-refractivity contribution in [1.29, 1.82) is 0 Å². The molecular formula is C23H22O4S. The van der Waals surface area contributed by atoms with Crippen LogP contribution in [0.1, 0.15) is 35.8 Å². The highest BCUT2D eigenvalue weighted by Gasteiger charge is 2.61. The molecule has 0 bridgehead atoms. The molecule has 1 aromatic heterocycles. The van der Waals surface area contributed by atoms with Crippen LogP contribution in [0.5, 0.6) is 0 Å². The van der Waals surface area contributed by atoms with Gasteiger partial charge < -0.3 is 9.47 Å². The van der Waals surface area contributed by atoms with Gasteiger partial charge in [0.1, 0.15) is 0 Å². The highest BCUT2D eigenvalue weighted by atomic mass is 32.1. The Labute approximate surface area is 168 Å². The van der Waals surface area contributed by atoms with Crippen LogP contribution in [0.25, 0.3) is 10.1 Å². The van der Waals surface area contributed by atoms with Gasteiger partial charge in [-0.3, -0.25) is 9.59 Å². The number of esters is 2. The highest BCUT2D eigenvalue weighted by Crippen LogP contribution is 2.57. The number of carbonyl (C=O) groups excluding carboxylic acids is 2. The maximum Gasteiger partial charge on any atom is 0.324 e. The molecule has 0 spiro atoms. The summed E-state index contributed by atoms with van der Waals surface area (Å²) in [7, 11) is 0. The zero-order chi connectivity index (χ0) is 19.7. The summed E-state index contributed by atoms with van der Waals surface area (Å²) in [5.74, 6) is -1.44. The third-order valence-corrected chi connectivity index (χ3v) is 6.53. The molecule has 1 aliphatic carbocycles. The second kappa shape index (κ2) is 7.40. The summed E-state index contributed by atoms with van der Waals surface area (Å²) >= 11 is 1.64. The number of ether oxygens (including phenoxy) is 2. The Balaban J connectivity index is 1.99. The average Bonchev–Trinajstić information content (AvgIpc) is 3.23. The van der Waals surface area contributed by atoms with Gasteiger partial charge in [-0.25, -0.2) is 0 Å². The molecule has 144 valence electrons. The molecule has 0 saturated heterocycles. The second-order valence-corrected chi connectivity index (χ2v) is 8.00. The van der Waals surface area contributed by atoms with Crippen molar-refractivity contribution < 1.29 is 19.1 Å². The van der Waals surface area contributed by atoms with Crippen molar-refractivity contribution in [1.82, 2.24) is 0 Å². The van der Waals surface area contributed by atoms with E-state index in [4.69, 9.17) is 9.47 Å². The van der Waals surface area contributed by atoms with E-state index < -0.39 is 23.3 Å². The SMILES string of the molecule is CCOC(=O)C1(C(=O)OCC)Cc2sc3ccccc3c2C1c1ccccc1. The molecule has 1 heterocycles. The highest BCUT2D eigenvalue weighted by molar-refractivity contribution is 7.19. The molecule has 0 N–H and O–H groups in total. The Morgan fingerprint density at radius 3 is 2.21 bits per heavy atom. The third kappa shape index (κ3) is 2.73. The molecule has 5 heteroatoms. The molecule has 1 aliphatic rings. The third-order valence-electron chi connectivity index (χ3n) is 5.34. The molecule has 0 aliphatic heterocycles. The fraction of sp³-hybridized carbons (Fsp3) is 0.304. The van der Waals surface area contributed by atoms with Crippen molar-refractivity contribution in [2.45, 2.75) is 26.2 Å². The van der Waals surface area contributed by atoms with Crippen LogP contribution >= 0.6 is 11.3 Å². The van der Waals surface area contributed by atoms with Crippen LogP contribution in [-0.2, 0) is 25.5 Å². The summed E-state index contributed by atoms with van der Waals surface area (Å²) in [6.07, 6.45) is 0.304. The van der Waals surface area contributed by atoms with Gasteiger partial charge in [0.25, 0.3) is 0 Å². The first-order chi connectivity index (χ1) is 13.6. The number of benzene rings is 2. The molecule has 4 nitrogen and oxygen atoms in total. The zero-order valence-electron chi connectivity index (χ0n) is 15.9. The predicted molar refractivity (Wildman–Crippen MR) is 110 cm³/mol. The van der Waals surface area contributed by atoms with E-state index in [1.807, 2.05) is 42.5 Å². The van der Waals surface area contributed by atoms with Crippen LogP contribution < -0.4 is 0 Å². The molecule has 4 rings (SSSR count). The van der Waals surface area contributed by atoms with E-state index >= 15 is 0 Å². The largest absolute Gasteiger partial charge is 0.465 e. The molecule has 0 radical (unpaired) electrons. The Morgan fingerprint density at radius 1 is 0.964 bits per heavy atom. The van der Waals surface area contributed by atoms with E-state index in [2.05, 4.69) is 12.1 Å². The molecule has 2 aromatic carbocycles. The number of hydrogen-bond acceptors (Lipinski definition) is 5. The molecular weight excluding hydrogens is 372 g/mol. The van der Waals surface area contributed by atoms with Crippen molar-refractivity contribution in [3.8, 4) is 0 Å². The van der Waals surface area contributed by atoms with Gasteiger partial charge in [0.05, 0.1) is 13.2 Å². The summed E-state index contributed by atoms with van der Waals surface area (Å²) in [5, 5.41) is 1.09. The Hall–Kier alpha value is -2.66. The molecule has 28 heavy (non-hydrogen) atoms. The maximum atomic E-state index is 13.3. The van der Waals surface area contributed by atoms with Gasteiger partial charge in [0.15, 0.2) is 5.41 Å². The second-order valence-electron chi connectivity index (χ2n) is 6.87. The van der Waals surface area contributed by atoms with E-state index in [-0.39, 0.29) is 13.2 Å². The number of fused-ring (bicyclic) bond motifs is 3. The maximum absolute atomic E-state index is 13.3. The molecule has 1 atom stereocenters. The predicted octanol–water partition coefficient (Wildman–Crippen LogP) is 4.70. The minimum atomic E-state index is -1.39. The standard InChI is InChI=1S/C23H22O4S/c1-3-26-21(24)23(22(25)27-4-2)14-18-19(16-12-8-9-13-17(16)28-18)20(23)15-10-6-5-7-11-15/h5-13,20H,3-4,14H2,1-2H3. The fourth-order valence-corrected chi connectivity index (χ4v) is 5.58. The van der Waals surface area contributed by atoms with Crippen molar-refractivity contribution in [2.75, 3.05) is 13.2 Å². The lowest BCUT2D eigenvalue weighted by Crippen LogP contribution is -2.46. The number of thiophene rings is 1. The lowest BCUT2D eigenvalue weighted by Gasteiger charge is -2.31. The van der Waals surface area contributed by atoms with Gasteiger partial charge in [-0.2, -0.15) is 0 Å². The molecule has 0 fully saturated rings. The van der Waals surface area contributed by atoms with E-state index in [1.54, 1.807) is 25.2 Å². The summed E-state index contributed by atoms with van der Waals surface area (Å²) in [4.78, 5) is 27.6. The van der Waals surface area contributed by atoms with E-state index in [1.165, 1.54) is 0 Å². The number of carbonyl (C=O) groups is 2. The van der Waals surface area contributed by atoms with Gasteiger partial charge in [-0.05, 0) is 36.4 Å². The van der Waals surface area contributed by atoms with Gasteiger partial charge in [0.2, 0.25) is 0 Å². The van der Waals surface area contributed by atoms with Crippen LogP contribution in [0.2, 0.25) is 0 Å². The quantitative estimate of drug-likeness (QED) is 0.465. The minimum Gasteiger partial charge on any atom is -0.465 e. The Kier molecular flexibility index (Phi) is 4.94. The Morgan fingerprint density at radius 2 is 1.57 bits per heavy atom.